The van der Waals surface area contributed by atoms with Crippen molar-refractivity contribution in [3.05, 3.63) is 29.6 Å². The molecule has 4 nitrogen and oxygen atoms in total. The average Bonchev–Trinajstić information content (AvgIpc) is 2.83. The molecule has 0 radical (unpaired) electrons. The Morgan fingerprint density at radius 2 is 2.19 bits per heavy atom. The first-order valence-electron chi connectivity index (χ1n) is 7.43. The number of likely N-dealkylation sites (N-methyl/N-ethyl adjacent to an activating group) is 1. The highest BCUT2D eigenvalue weighted by Gasteiger charge is 2.31. The van der Waals surface area contributed by atoms with Crippen LogP contribution in [-0.4, -0.2) is 45.2 Å². The standard InChI is InChI=1S/C15H21FN2O2S/c1-18-7-2-3-12(18)10-17-14-6-8-21(19,20)15-5-4-11(16)9-13(14)15/h4-5,9,12,14,17H,2-3,6-8,10H2,1H3. The van der Waals surface area contributed by atoms with E-state index in [2.05, 4.69) is 17.3 Å². The van der Waals surface area contributed by atoms with Crippen LogP contribution in [-0.2, 0) is 9.84 Å². The number of benzene rings is 1. The van der Waals surface area contributed by atoms with Crippen molar-refractivity contribution in [3.8, 4) is 0 Å². The Morgan fingerprint density at radius 3 is 2.90 bits per heavy atom. The summed E-state index contributed by atoms with van der Waals surface area (Å²) in [6.45, 7) is 1.92. The minimum Gasteiger partial charge on any atom is -0.308 e. The van der Waals surface area contributed by atoms with Crippen molar-refractivity contribution in [2.45, 2.75) is 36.2 Å². The van der Waals surface area contributed by atoms with E-state index in [-0.39, 0.29) is 22.5 Å². The molecule has 0 bridgehead atoms. The summed E-state index contributed by atoms with van der Waals surface area (Å²) >= 11 is 0. The van der Waals surface area contributed by atoms with E-state index in [9.17, 15) is 12.8 Å². The summed E-state index contributed by atoms with van der Waals surface area (Å²) in [5.41, 5.74) is 0.585. The third-order valence-corrected chi connectivity index (χ3v) is 6.44. The van der Waals surface area contributed by atoms with Gasteiger partial charge in [-0.05, 0) is 56.6 Å². The normalized spacial score (nSPS) is 28.5. The van der Waals surface area contributed by atoms with Crippen LogP contribution in [0, 0.1) is 5.82 Å². The number of fused-ring (bicyclic) bond motifs is 1. The first-order valence-corrected chi connectivity index (χ1v) is 9.08. The van der Waals surface area contributed by atoms with E-state index >= 15 is 0 Å². The number of nitrogens with zero attached hydrogens (tertiary/aromatic N) is 1. The molecule has 0 aromatic heterocycles. The number of nitrogens with one attached hydrogen (secondary N) is 1. The molecule has 1 fully saturated rings. The minimum absolute atomic E-state index is 0.0757. The van der Waals surface area contributed by atoms with E-state index in [1.807, 2.05) is 0 Å². The molecule has 1 saturated heterocycles. The largest absolute Gasteiger partial charge is 0.308 e. The molecule has 0 spiro atoms. The highest BCUT2D eigenvalue weighted by molar-refractivity contribution is 7.91. The van der Waals surface area contributed by atoms with Crippen LogP contribution in [0.1, 0.15) is 30.9 Å². The van der Waals surface area contributed by atoms with Gasteiger partial charge in [0.2, 0.25) is 0 Å². The van der Waals surface area contributed by atoms with Crippen LogP contribution in [0.3, 0.4) is 0 Å². The zero-order valence-electron chi connectivity index (χ0n) is 12.2. The predicted octanol–water partition coefficient (Wildman–Crippen LogP) is 1.73. The molecular weight excluding hydrogens is 291 g/mol. The molecule has 2 atom stereocenters. The van der Waals surface area contributed by atoms with Gasteiger partial charge in [0.25, 0.3) is 0 Å². The predicted molar refractivity (Wildman–Crippen MR) is 79.5 cm³/mol. The molecule has 2 aliphatic heterocycles. The van der Waals surface area contributed by atoms with Crippen LogP contribution in [0.5, 0.6) is 0 Å². The van der Waals surface area contributed by atoms with Gasteiger partial charge < -0.3 is 10.2 Å². The second kappa shape index (κ2) is 5.66. The van der Waals surface area contributed by atoms with Gasteiger partial charge in [-0.15, -0.1) is 0 Å². The van der Waals surface area contributed by atoms with Crippen LogP contribution in [0.25, 0.3) is 0 Å². The summed E-state index contributed by atoms with van der Waals surface area (Å²) in [6.07, 6.45) is 2.87. The fraction of sp³-hybridized carbons (Fsp3) is 0.600. The second-order valence-corrected chi connectivity index (χ2v) is 8.10. The second-order valence-electron chi connectivity index (χ2n) is 6.03. The summed E-state index contributed by atoms with van der Waals surface area (Å²) in [5, 5.41) is 3.44. The van der Waals surface area contributed by atoms with Gasteiger partial charge in [-0.25, -0.2) is 12.8 Å². The molecular formula is C15H21FN2O2S. The number of halogens is 1. The van der Waals surface area contributed by atoms with Gasteiger partial charge in [-0.1, -0.05) is 0 Å². The van der Waals surface area contributed by atoms with E-state index in [4.69, 9.17) is 0 Å². The van der Waals surface area contributed by atoms with E-state index < -0.39 is 9.84 Å². The van der Waals surface area contributed by atoms with E-state index in [1.54, 1.807) is 0 Å². The van der Waals surface area contributed by atoms with Crippen molar-refractivity contribution in [1.82, 2.24) is 10.2 Å². The molecule has 1 aromatic rings. The molecule has 2 heterocycles. The minimum atomic E-state index is -3.26. The van der Waals surface area contributed by atoms with Gasteiger partial charge in [0.1, 0.15) is 5.82 Å². The van der Waals surface area contributed by atoms with Gasteiger partial charge >= 0.3 is 0 Å². The molecule has 116 valence electrons. The van der Waals surface area contributed by atoms with Crippen molar-refractivity contribution < 1.29 is 12.8 Å². The van der Waals surface area contributed by atoms with Crippen molar-refractivity contribution in [3.63, 3.8) is 0 Å². The lowest BCUT2D eigenvalue weighted by Crippen LogP contribution is -2.39. The van der Waals surface area contributed by atoms with Crippen LogP contribution in [0.15, 0.2) is 23.1 Å². The molecule has 1 aromatic carbocycles. The zero-order chi connectivity index (χ0) is 15.0. The van der Waals surface area contributed by atoms with E-state index in [1.165, 1.54) is 24.6 Å². The zero-order valence-corrected chi connectivity index (χ0v) is 13.0. The molecule has 2 unspecified atom stereocenters. The monoisotopic (exact) mass is 312 g/mol. The Bertz CT molecular complexity index is 633. The van der Waals surface area contributed by atoms with Crippen LogP contribution >= 0.6 is 0 Å². The smallest absolute Gasteiger partial charge is 0.178 e. The maximum absolute atomic E-state index is 13.5. The van der Waals surface area contributed by atoms with Gasteiger partial charge in [-0.2, -0.15) is 0 Å². The molecule has 0 amide bonds. The Balaban J connectivity index is 1.80. The molecule has 6 heteroatoms. The van der Waals surface area contributed by atoms with Crippen molar-refractivity contribution in [2.24, 2.45) is 0 Å². The molecule has 3 rings (SSSR count). The van der Waals surface area contributed by atoms with Crippen LogP contribution in [0.4, 0.5) is 4.39 Å². The van der Waals surface area contributed by atoms with Crippen LogP contribution in [0.2, 0.25) is 0 Å². The average molecular weight is 312 g/mol. The quantitative estimate of drug-likeness (QED) is 0.864. The number of hydrogen-bond acceptors (Lipinski definition) is 4. The van der Waals surface area contributed by atoms with Crippen molar-refractivity contribution in [2.75, 3.05) is 25.9 Å². The summed E-state index contributed by atoms with van der Waals surface area (Å²) < 4.78 is 37.7. The molecule has 0 aliphatic carbocycles. The fourth-order valence-electron chi connectivity index (χ4n) is 3.34. The highest BCUT2D eigenvalue weighted by atomic mass is 32.2. The maximum atomic E-state index is 13.5. The first-order chi connectivity index (χ1) is 9.97. The topological polar surface area (TPSA) is 49.4 Å². The third kappa shape index (κ3) is 2.98. The lowest BCUT2D eigenvalue weighted by Gasteiger charge is -2.29. The Kier molecular flexibility index (Phi) is 4.03. The summed E-state index contributed by atoms with van der Waals surface area (Å²) in [7, 11) is -1.15. The number of rotatable bonds is 3. The van der Waals surface area contributed by atoms with Gasteiger partial charge in [-0.3, -0.25) is 0 Å². The summed E-state index contributed by atoms with van der Waals surface area (Å²) in [4.78, 5) is 2.60. The van der Waals surface area contributed by atoms with Crippen LogP contribution < -0.4 is 5.32 Å². The molecule has 1 N–H and O–H groups in total. The van der Waals surface area contributed by atoms with Gasteiger partial charge in [0.15, 0.2) is 9.84 Å². The van der Waals surface area contributed by atoms with Crippen molar-refractivity contribution in [1.29, 1.82) is 0 Å². The summed E-state index contributed by atoms with van der Waals surface area (Å²) in [5.74, 6) is -0.250. The Labute approximate surface area is 125 Å². The lowest BCUT2D eigenvalue weighted by molar-refractivity contribution is 0.289. The SMILES string of the molecule is CN1CCCC1CNC1CCS(=O)(=O)c2ccc(F)cc21. The fourth-order valence-corrected chi connectivity index (χ4v) is 4.94. The third-order valence-electron chi connectivity index (χ3n) is 4.63. The number of hydrogen-bond donors (Lipinski definition) is 1. The van der Waals surface area contributed by atoms with E-state index in [0.29, 0.717) is 18.0 Å². The maximum Gasteiger partial charge on any atom is 0.178 e. The Morgan fingerprint density at radius 1 is 1.38 bits per heavy atom. The number of sulfone groups is 1. The number of likely N-dealkylation sites (tertiary alicyclic amines) is 1. The lowest BCUT2D eigenvalue weighted by atomic mass is 10.0. The van der Waals surface area contributed by atoms with Gasteiger partial charge in [0.05, 0.1) is 10.6 Å². The van der Waals surface area contributed by atoms with Crippen molar-refractivity contribution >= 4 is 9.84 Å². The molecule has 21 heavy (non-hydrogen) atoms. The summed E-state index contributed by atoms with van der Waals surface area (Å²) in [6, 6.07) is 4.40. The molecule has 2 aliphatic rings. The van der Waals surface area contributed by atoms with E-state index in [0.717, 1.165) is 19.5 Å². The van der Waals surface area contributed by atoms with Gasteiger partial charge in [0, 0.05) is 18.6 Å². The molecule has 0 saturated carbocycles. The Hall–Kier alpha value is -0.980. The highest BCUT2D eigenvalue weighted by Crippen LogP contribution is 2.32. The first kappa shape index (κ1) is 14.9.